The summed E-state index contributed by atoms with van der Waals surface area (Å²) in [5.74, 6) is 8.33. The molecule has 3 aliphatic rings. The maximum atomic E-state index is 2.58. The van der Waals surface area contributed by atoms with Crippen molar-refractivity contribution in [1.82, 2.24) is 0 Å². The highest BCUT2D eigenvalue weighted by molar-refractivity contribution is 4.92. The van der Waals surface area contributed by atoms with Crippen LogP contribution >= 0.6 is 0 Å². The summed E-state index contributed by atoms with van der Waals surface area (Å²) in [6.07, 6.45) is 18.3. The second-order valence-corrected chi connectivity index (χ2v) is 10.3. The van der Waals surface area contributed by atoms with Crippen molar-refractivity contribution >= 4 is 0 Å². The van der Waals surface area contributed by atoms with Gasteiger partial charge in [-0.05, 0) is 85.9 Å². The van der Waals surface area contributed by atoms with Crippen LogP contribution in [0.15, 0.2) is 0 Å². The van der Waals surface area contributed by atoms with E-state index < -0.39 is 0 Å². The highest BCUT2D eigenvalue weighted by Gasteiger charge is 2.41. The molecule has 140 valence electrons. The van der Waals surface area contributed by atoms with Crippen molar-refractivity contribution in [2.45, 2.75) is 105 Å². The fourth-order valence-corrected chi connectivity index (χ4v) is 6.92. The van der Waals surface area contributed by atoms with Crippen LogP contribution in [0.5, 0.6) is 0 Å². The summed E-state index contributed by atoms with van der Waals surface area (Å²) in [6, 6.07) is 0. The first kappa shape index (κ1) is 18.8. The SMILES string of the molecule is CCC1CCCCC1CCC(C)CC1CCC2CC(C)C(C)CC12. The highest BCUT2D eigenvalue weighted by atomic mass is 14.5. The highest BCUT2D eigenvalue weighted by Crippen LogP contribution is 2.51. The molecule has 0 saturated heterocycles. The molecule has 8 unspecified atom stereocenters. The summed E-state index contributed by atoms with van der Waals surface area (Å²) in [7, 11) is 0. The Morgan fingerprint density at radius 3 is 2.29 bits per heavy atom. The molecule has 0 spiro atoms. The Balaban J connectivity index is 1.44. The molecule has 3 saturated carbocycles. The molecule has 0 heteroatoms. The van der Waals surface area contributed by atoms with E-state index in [1.54, 1.807) is 25.7 Å². The Hall–Kier alpha value is 0. The maximum Gasteiger partial charge on any atom is -0.0355 e. The van der Waals surface area contributed by atoms with E-state index in [2.05, 4.69) is 27.7 Å². The van der Waals surface area contributed by atoms with E-state index in [1.807, 2.05) is 0 Å². The molecule has 8 atom stereocenters. The standard InChI is InChI=1S/C24H44/c1-5-20-8-6-7-9-21(20)11-10-17(2)14-22-12-13-23-15-18(3)19(4)16-24(22)23/h17-24H,5-16H2,1-4H3. The van der Waals surface area contributed by atoms with E-state index >= 15 is 0 Å². The molecule has 3 aliphatic carbocycles. The van der Waals surface area contributed by atoms with Crippen LogP contribution in [-0.2, 0) is 0 Å². The number of rotatable bonds is 6. The molecule has 0 aromatic carbocycles. The van der Waals surface area contributed by atoms with Crippen molar-refractivity contribution in [2.24, 2.45) is 47.3 Å². The third kappa shape index (κ3) is 4.39. The molecule has 3 fully saturated rings. The Labute approximate surface area is 152 Å². The van der Waals surface area contributed by atoms with Gasteiger partial charge in [-0.3, -0.25) is 0 Å². The van der Waals surface area contributed by atoms with Crippen LogP contribution < -0.4 is 0 Å². The minimum Gasteiger partial charge on any atom is -0.0651 e. The Bertz CT molecular complexity index is 372. The first-order valence-corrected chi connectivity index (χ1v) is 11.6. The van der Waals surface area contributed by atoms with E-state index in [0.717, 1.165) is 47.3 Å². The average molecular weight is 333 g/mol. The molecular weight excluding hydrogens is 288 g/mol. The lowest BCUT2D eigenvalue weighted by Gasteiger charge is -2.38. The first-order valence-electron chi connectivity index (χ1n) is 11.6. The molecule has 0 aromatic heterocycles. The van der Waals surface area contributed by atoms with Gasteiger partial charge in [0.05, 0.1) is 0 Å². The lowest BCUT2D eigenvalue weighted by Crippen LogP contribution is -2.29. The monoisotopic (exact) mass is 332 g/mol. The molecule has 0 N–H and O–H groups in total. The normalized spacial score (nSPS) is 44.2. The number of hydrogen-bond donors (Lipinski definition) is 0. The zero-order valence-corrected chi connectivity index (χ0v) is 17.1. The van der Waals surface area contributed by atoms with Gasteiger partial charge in [0, 0.05) is 0 Å². The molecule has 3 rings (SSSR count). The van der Waals surface area contributed by atoms with Crippen molar-refractivity contribution in [2.75, 3.05) is 0 Å². The van der Waals surface area contributed by atoms with Crippen LogP contribution in [0, 0.1) is 47.3 Å². The fraction of sp³-hybridized carbons (Fsp3) is 1.00. The smallest absolute Gasteiger partial charge is 0.0355 e. The second kappa shape index (κ2) is 8.59. The third-order valence-corrected chi connectivity index (χ3v) is 8.74. The van der Waals surface area contributed by atoms with Gasteiger partial charge in [0.2, 0.25) is 0 Å². The summed E-state index contributed by atoms with van der Waals surface area (Å²) in [4.78, 5) is 0. The van der Waals surface area contributed by atoms with Crippen molar-refractivity contribution in [3.63, 3.8) is 0 Å². The van der Waals surface area contributed by atoms with Gasteiger partial charge < -0.3 is 0 Å². The number of fused-ring (bicyclic) bond motifs is 1. The molecular formula is C24H44. The van der Waals surface area contributed by atoms with Gasteiger partial charge >= 0.3 is 0 Å². The van der Waals surface area contributed by atoms with Crippen LogP contribution in [0.4, 0.5) is 0 Å². The quantitative estimate of drug-likeness (QED) is 0.467. The fourth-order valence-electron chi connectivity index (χ4n) is 6.92. The minimum atomic E-state index is 0.975. The van der Waals surface area contributed by atoms with E-state index in [-0.39, 0.29) is 0 Å². The Morgan fingerprint density at radius 1 is 0.833 bits per heavy atom. The largest absolute Gasteiger partial charge is 0.0651 e. The van der Waals surface area contributed by atoms with Gasteiger partial charge in [0.1, 0.15) is 0 Å². The summed E-state index contributed by atoms with van der Waals surface area (Å²) in [5, 5.41) is 0. The molecule has 0 heterocycles. The Kier molecular flexibility index (Phi) is 6.72. The van der Waals surface area contributed by atoms with Gasteiger partial charge in [-0.25, -0.2) is 0 Å². The summed E-state index contributed by atoms with van der Waals surface area (Å²) < 4.78 is 0. The van der Waals surface area contributed by atoms with Gasteiger partial charge in [0.25, 0.3) is 0 Å². The maximum absolute atomic E-state index is 2.58. The van der Waals surface area contributed by atoms with Crippen LogP contribution in [-0.4, -0.2) is 0 Å². The van der Waals surface area contributed by atoms with Crippen molar-refractivity contribution < 1.29 is 0 Å². The van der Waals surface area contributed by atoms with E-state index in [1.165, 1.54) is 51.4 Å². The summed E-state index contributed by atoms with van der Waals surface area (Å²) >= 11 is 0. The molecule has 0 aliphatic heterocycles. The summed E-state index contributed by atoms with van der Waals surface area (Å²) in [6.45, 7) is 10.0. The van der Waals surface area contributed by atoms with E-state index in [0.29, 0.717) is 0 Å². The topological polar surface area (TPSA) is 0 Å². The third-order valence-electron chi connectivity index (χ3n) is 8.74. The van der Waals surface area contributed by atoms with E-state index in [4.69, 9.17) is 0 Å². The minimum absolute atomic E-state index is 0.975. The molecule has 0 aromatic rings. The molecule has 0 amide bonds. The van der Waals surface area contributed by atoms with Crippen LogP contribution in [0.2, 0.25) is 0 Å². The zero-order valence-electron chi connectivity index (χ0n) is 17.1. The van der Waals surface area contributed by atoms with Crippen LogP contribution in [0.1, 0.15) is 105 Å². The zero-order chi connectivity index (χ0) is 17.1. The molecule has 24 heavy (non-hydrogen) atoms. The second-order valence-electron chi connectivity index (χ2n) is 10.3. The lowest BCUT2D eigenvalue weighted by molar-refractivity contribution is 0.119. The number of hydrogen-bond acceptors (Lipinski definition) is 0. The van der Waals surface area contributed by atoms with Crippen molar-refractivity contribution in [1.29, 1.82) is 0 Å². The van der Waals surface area contributed by atoms with Gasteiger partial charge in [-0.1, -0.05) is 66.2 Å². The predicted molar refractivity (Wildman–Crippen MR) is 106 cm³/mol. The van der Waals surface area contributed by atoms with E-state index in [9.17, 15) is 0 Å². The first-order chi connectivity index (χ1) is 11.6. The van der Waals surface area contributed by atoms with Gasteiger partial charge in [-0.15, -0.1) is 0 Å². The lowest BCUT2D eigenvalue weighted by atomic mass is 9.67. The van der Waals surface area contributed by atoms with Crippen molar-refractivity contribution in [3.8, 4) is 0 Å². The molecule has 0 bridgehead atoms. The summed E-state index contributed by atoms with van der Waals surface area (Å²) in [5.41, 5.74) is 0. The van der Waals surface area contributed by atoms with Crippen molar-refractivity contribution in [3.05, 3.63) is 0 Å². The molecule has 0 nitrogen and oxygen atoms in total. The van der Waals surface area contributed by atoms with Crippen LogP contribution in [0.3, 0.4) is 0 Å². The molecule has 0 radical (unpaired) electrons. The predicted octanol–water partition coefficient (Wildman–Crippen LogP) is 7.72. The average Bonchev–Trinajstić information content (AvgIpc) is 2.95. The Morgan fingerprint density at radius 2 is 1.54 bits per heavy atom. The van der Waals surface area contributed by atoms with Gasteiger partial charge in [0.15, 0.2) is 0 Å². The van der Waals surface area contributed by atoms with Gasteiger partial charge in [-0.2, -0.15) is 0 Å². The van der Waals surface area contributed by atoms with Crippen LogP contribution in [0.25, 0.3) is 0 Å².